The number of hydrogen-bond donors (Lipinski definition) is 1. The molecule has 0 saturated heterocycles. The Morgan fingerprint density at radius 3 is 2.00 bits per heavy atom. The molecular formula is C12H22N2O3. The molecule has 0 aromatic carbocycles. The molecule has 0 fully saturated rings. The van der Waals surface area contributed by atoms with Crippen LogP contribution in [0.4, 0.5) is 0 Å². The highest BCUT2D eigenvalue weighted by molar-refractivity contribution is 5.94. The minimum atomic E-state index is -0.591. The number of aliphatic hydroxyl groups excluding tert-OH is 1. The Bertz CT molecular complexity index is 313. The zero-order chi connectivity index (χ0) is 13.0. The average Bonchev–Trinajstić information content (AvgIpc) is 2.35. The standard InChI is InChI=1S/C12H22N2O3/c1-6-8(15)10-12(17-5)13-9(7(2)3)11(14-10)16-4/h7-10,15H,6H2,1-5H3/t8-,9-,10+/m1/s1. The first kappa shape index (κ1) is 14.0. The molecule has 3 atom stereocenters. The van der Waals surface area contributed by atoms with Crippen LogP contribution < -0.4 is 0 Å². The fraction of sp³-hybridized carbons (Fsp3) is 0.833. The third-order valence-corrected chi connectivity index (χ3v) is 2.87. The maximum atomic E-state index is 9.90. The lowest BCUT2D eigenvalue weighted by atomic mass is 10.0. The summed E-state index contributed by atoms with van der Waals surface area (Å²) in [6, 6.07) is -0.579. The lowest BCUT2D eigenvalue weighted by molar-refractivity contribution is 0.149. The smallest absolute Gasteiger partial charge is 0.212 e. The van der Waals surface area contributed by atoms with Crippen molar-refractivity contribution in [3.05, 3.63) is 0 Å². The number of methoxy groups -OCH3 is 2. The Labute approximate surface area is 103 Å². The molecule has 98 valence electrons. The topological polar surface area (TPSA) is 63.4 Å². The molecule has 0 radical (unpaired) electrons. The molecule has 1 heterocycles. The number of ether oxygens (including phenoxy) is 2. The van der Waals surface area contributed by atoms with Crippen molar-refractivity contribution in [1.29, 1.82) is 0 Å². The lowest BCUT2D eigenvalue weighted by Crippen LogP contribution is -2.42. The van der Waals surface area contributed by atoms with Crippen molar-refractivity contribution in [2.45, 2.75) is 45.4 Å². The van der Waals surface area contributed by atoms with E-state index in [0.29, 0.717) is 18.2 Å². The summed E-state index contributed by atoms with van der Waals surface area (Å²) in [5.41, 5.74) is 0. The number of rotatable bonds is 3. The highest BCUT2D eigenvalue weighted by Gasteiger charge is 2.33. The van der Waals surface area contributed by atoms with E-state index in [4.69, 9.17) is 9.47 Å². The maximum absolute atomic E-state index is 9.90. The van der Waals surface area contributed by atoms with E-state index < -0.39 is 12.1 Å². The monoisotopic (exact) mass is 242 g/mol. The Hall–Kier alpha value is -1.10. The highest BCUT2D eigenvalue weighted by Crippen LogP contribution is 2.19. The van der Waals surface area contributed by atoms with Crippen molar-refractivity contribution in [1.82, 2.24) is 0 Å². The van der Waals surface area contributed by atoms with Gasteiger partial charge >= 0.3 is 0 Å². The third-order valence-electron chi connectivity index (χ3n) is 2.87. The summed E-state index contributed by atoms with van der Waals surface area (Å²) >= 11 is 0. The van der Waals surface area contributed by atoms with Gasteiger partial charge in [0.15, 0.2) is 6.04 Å². The van der Waals surface area contributed by atoms with Crippen LogP contribution in [0.3, 0.4) is 0 Å². The van der Waals surface area contributed by atoms with Crippen LogP contribution in [0.2, 0.25) is 0 Å². The second-order valence-electron chi connectivity index (χ2n) is 4.45. The minimum absolute atomic E-state index is 0.129. The van der Waals surface area contributed by atoms with Gasteiger partial charge in [0, 0.05) is 0 Å². The second-order valence-corrected chi connectivity index (χ2v) is 4.45. The van der Waals surface area contributed by atoms with Gasteiger partial charge in [-0.1, -0.05) is 20.8 Å². The molecule has 1 aliphatic heterocycles. The molecule has 0 saturated carbocycles. The van der Waals surface area contributed by atoms with E-state index in [2.05, 4.69) is 9.98 Å². The van der Waals surface area contributed by atoms with Gasteiger partial charge in [0.2, 0.25) is 11.8 Å². The van der Waals surface area contributed by atoms with Crippen molar-refractivity contribution >= 4 is 11.8 Å². The minimum Gasteiger partial charge on any atom is -0.483 e. The van der Waals surface area contributed by atoms with Gasteiger partial charge in [-0.3, -0.25) is 0 Å². The van der Waals surface area contributed by atoms with E-state index in [1.807, 2.05) is 20.8 Å². The summed E-state index contributed by atoms with van der Waals surface area (Å²) in [6.45, 7) is 5.99. The summed E-state index contributed by atoms with van der Waals surface area (Å²) in [5.74, 6) is 1.33. The second kappa shape index (κ2) is 6.00. The van der Waals surface area contributed by atoms with Crippen LogP contribution in [0, 0.1) is 5.92 Å². The molecule has 0 bridgehead atoms. The Morgan fingerprint density at radius 1 is 1.12 bits per heavy atom. The summed E-state index contributed by atoms with van der Waals surface area (Å²) in [4.78, 5) is 8.90. The Balaban J connectivity index is 3.02. The van der Waals surface area contributed by atoms with Gasteiger partial charge in [-0.25, -0.2) is 9.98 Å². The Morgan fingerprint density at radius 2 is 1.59 bits per heavy atom. The maximum Gasteiger partial charge on any atom is 0.212 e. The molecule has 5 nitrogen and oxygen atoms in total. The first-order valence-corrected chi connectivity index (χ1v) is 5.96. The zero-order valence-electron chi connectivity index (χ0n) is 11.2. The van der Waals surface area contributed by atoms with Crippen molar-refractivity contribution < 1.29 is 14.6 Å². The van der Waals surface area contributed by atoms with Crippen molar-refractivity contribution in [3.63, 3.8) is 0 Å². The van der Waals surface area contributed by atoms with Gasteiger partial charge in [0.1, 0.15) is 6.04 Å². The first-order chi connectivity index (χ1) is 8.04. The average molecular weight is 242 g/mol. The zero-order valence-corrected chi connectivity index (χ0v) is 11.2. The summed E-state index contributed by atoms with van der Waals surface area (Å²) in [5, 5.41) is 9.90. The highest BCUT2D eigenvalue weighted by atomic mass is 16.5. The number of nitrogens with zero attached hydrogens (tertiary/aromatic N) is 2. The van der Waals surface area contributed by atoms with Crippen LogP contribution in [0.25, 0.3) is 0 Å². The van der Waals surface area contributed by atoms with Crippen LogP contribution in [0.5, 0.6) is 0 Å². The van der Waals surface area contributed by atoms with Gasteiger partial charge < -0.3 is 14.6 Å². The molecule has 0 spiro atoms. The molecule has 0 aromatic heterocycles. The van der Waals surface area contributed by atoms with Crippen LogP contribution in [-0.2, 0) is 9.47 Å². The fourth-order valence-corrected chi connectivity index (χ4v) is 1.79. The quantitative estimate of drug-likeness (QED) is 0.810. The number of hydrogen-bond acceptors (Lipinski definition) is 5. The summed E-state index contributed by atoms with van der Waals surface area (Å²) < 4.78 is 10.5. The summed E-state index contributed by atoms with van der Waals surface area (Å²) in [7, 11) is 3.13. The van der Waals surface area contributed by atoms with Crippen molar-refractivity contribution in [2.75, 3.05) is 14.2 Å². The van der Waals surface area contributed by atoms with Crippen LogP contribution in [0.15, 0.2) is 9.98 Å². The van der Waals surface area contributed by atoms with Crippen LogP contribution in [0.1, 0.15) is 27.2 Å². The van der Waals surface area contributed by atoms with Gasteiger partial charge in [0.25, 0.3) is 0 Å². The van der Waals surface area contributed by atoms with Gasteiger partial charge in [-0.05, 0) is 12.3 Å². The largest absolute Gasteiger partial charge is 0.483 e. The van der Waals surface area contributed by atoms with E-state index in [1.54, 1.807) is 14.2 Å². The van der Waals surface area contributed by atoms with E-state index in [1.165, 1.54) is 0 Å². The molecule has 17 heavy (non-hydrogen) atoms. The lowest BCUT2D eigenvalue weighted by Gasteiger charge is -2.28. The molecule has 0 aliphatic carbocycles. The molecule has 0 amide bonds. The number of aliphatic imine (C=N–C) groups is 2. The normalized spacial score (nSPS) is 26.3. The van der Waals surface area contributed by atoms with Gasteiger partial charge in [-0.15, -0.1) is 0 Å². The molecule has 0 aromatic rings. The third kappa shape index (κ3) is 2.97. The molecule has 1 N–H and O–H groups in total. The van der Waals surface area contributed by atoms with Gasteiger partial charge in [0.05, 0.1) is 20.3 Å². The van der Waals surface area contributed by atoms with Gasteiger partial charge in [-0.2, -0.15) is 0 Å². The predicted molar refractivity (Wildman–Crippen MR) is 67.6 cm³/mol. The molecular weight excluding hydrogens is 220 g/mol. The molecule has 1 rings (SSSR count). The van der Waals surface area contributed by atoms with E-state index in [-0.39, 0.29) is 12.0 Å². The van der Waals surface area contributed by atoms with Crippen molar-refractivity contribution in [2.24, 2.45) is 15.9 Å². The van der Waals surface area contributed by atoms with E-state index in [9.17, 15) is 5.11 Å². The Kier molecular flexibility index (Phi) is 4.93. The number of aliphatic hydroxyl groups is 1. The molecule has 0 unspecified atom stereocenters. The molecule has 5 heteroatoms. The van der Waals surface area contributed by atoms with Crippen LogP contribution >= 0.6 is 0 Å². The SMILES string of the molecule is CC[C@@H](O)[C@@H]1N=C(OC)[C@@H](C(C)C)N=C1OC. The van der Waals surface area contributed by atoms with E-state index >= 15 is 0 Å². The summed E-state index contributed by atoms with van der Waals surface area (Å²) in [6.07, 6.45) is 0.00633. The predicted octanol–water partition coefficient (Wildman–Crippen LogP) is 1.25. The van der Waals surface area contributed by atoms with Crippen molar-refractivity contribution in [3.8, 4) is 0 Å². The fourth-order valence-electron chi connectivity index (χ4n) is 1.79. The van der Waals surface area contributed by atoms with E-state index in [0.717, 1.165) is 0 Å². The first-order valence-electron chi connectivity index (χ1n) is 5.96. The molecule has 1 aliphatic rings. The van der Waals surface area contributed by atoms with Crippen LogP contribution in [-0.4, -0.2) is 49.3 Å².